The molecule has 4 atom stereocenters. The van der Waals surface area contributed by atoms with Crippen molar-refractivity contribution in [3.8, 4) is 0 Å². The molecule has 0 aromatic carbocycles. The Morgan fingerprint density at radius 1 is 0.641 bits per heavy atom. The SMILES string of the molecule is NC(CSSCCNC(=O)CCC(CC(CCC(=O)O)C(=O)NCCSSCC(N)C(=O)O)C(=O)O)C(=O)O. The Morgan fingerprint density at radius 2 is 1.13 bits per heavy atom. The zero-order valence-electron chi connectivity index (χ0n) is 21.1. The molecule has 0 aliphatic heterocycles. The molecule has 4 unspecified atom stereocenters. The number of carboxylic acid groups (broad SMARTS) is 4. The smallest absolute Gasteiger partial charge is 0.321 e. The van der Waals surface area contributed by atoms with Crippen LogP contribution >= 0.6 is 43.2 Å². The molecule has 14 nitrogen and oxygen atoms in total. The van der Waals surface area contributed by atoms with Crippen LogP contribution in [0.1, 0.15) is 32.1 Å². The van der Waals surface area contributed by atoms with Gasteiger partial charge in [0, 0.05) is 54.9 Å². The van der Waals surface area contributed by atoms with Crippen LogP contribution in [0.3, 0.4) is 0 Å². The van der Waals surface area contributed by atoms with Gasteiger partial charge in [0.15, 0.2) is 0 Å². The van der Waals surface area contributed by atoms with Crippen LogP contribution in [0.2, 0.25) is 0 Å². The molecule has 0 saturated heterocycles. The second-order valence-corrected chi connectivity index (χ2v) is 13.4. The summed E-state index contributed by atoms with van der Waals surface area (Å²) in [4.78, 5) is 68.9. The van der Waals surface area contributed by atoms with E-state index in [9.17, 15) is 33.9 Å². The number of aliphatic carboxylic acids is 4. The fraction of sp³-hybridized carbons (Fsp3) is 0.714. The second kappa shape index (κ2) is 21.9. The van der Waals surface area contributed by atoms with Gasteiger partial charge in [0.25, 0.3) is 0 Å². The molecule has 224 valence electrons. The van der Waals surface area contributed by atoms with E-state index in [2.05, 4.69) is 10.6 Å². The molecule has 2 amide bonds. The lowest BCUT2D eigenvalue weighted by atomic mass is 9.87. The van der Waals surface area contributed by atoms with Gasteiger partial charge in [0.2, 0.25) is 11.8 Å². The van der Waals surface area contributed by atoms with Gasteiger partial charge in [-0.1, -0.05) is 43.2 Å². The molecule has 39 heavy (non-hydrogen) atoms. The molecule has 0 radical (unpaired) electrons. The Hall–Kier alpha value is -1.86. The lowest BCUT2D eigenvalue weighted by Crippen LogP contribution is -2.35. The normalized spacial score (nSPS) is 14.0. The molecule has 0 fully saturated rings. The Kier molecular flexibility index (Phi) is 20.9. The largest absolute Gasteiger partial charge is 0.481 e. The fourth-order valence-electron chi connectivity index (χ4n) is 2.83. The van der Waals surface area contributed by atoms with Gasteiger partial charge in [0.1, 0.15) is 12.1 Å². The minimum absolute atomic E-state index is 0.0380. The highest BCUT2D eigenvalue weighted by Gasteiger charge is 2.28. The van der Waals surface area contributed by atoms with Crippen molar-refractivity contribution < 1.29 is 49.2 Å². The maximum Gasteiger partial charge on any atom is 0.321 e. The summed E-state index contributed by atoms with van der Waals surface area (Å²) in [7, 11) is 5.15. The van der Waals surface area contributed by atoms with Crippen molar-refractivity contribution in [2.24, 2.45) is 23.3 Å². The predicted molar refractivity (Wildman–Crippen MR) is 152 cm³/mol. The zero-order chi connectivity index (χ0) is 29.8. The topological polar surface area (TPSA) is 259 Å². The Labute approximate surface area is 241 Å². The quantitative estimate of drug-likeness (QED) is 0.0520. The standard InChI is InChI=1S/C21H36N4O10S4/c22-14(20(32)33)10-38-36-7-5-24-16(26)3-1-13(19(30)31)9-12(2-4-17(27)28)18(29)25-6-8-37-39-11-15(23)21(34)35/h12-15H,1-11,22-23H2,(H,24,26)(H,25,29)(H,27,28)(H,30,31)(H,32,33)(H,34,35). The van der Waals surface area contributed by atoms with Gasteiger partial charge in [-0.2, -0.15) is 0 Å². The van der Waals surface area contributed by atoms with Crippen molar-refractivity contribution >= 4 is 78.9 Å². The van der Waals surface area contributed by atoms with Crippen LogP contribution < -0.4 is 22.1 Å². The summed E-state index contributed by atoms with van der Waals surface area (Å²) in [6.07, 6.45) is -0.655. The summed E-state index contributed by atoms with van der Waals surface area (Å²) in [6.45, 7) is 0.500. The number of hydrogen-bond donors (Lipinski definition) is 8. The van der Waals surface area contributed by atoms with E-state index in [4.69, 9.17) is 26.8 Å². The minimum Gasteiger partial charge on any atom is -0.481 e. The van der Waals surface area contributed by atoms with Gasteiger partial charge in [-0.15, -0.1) is 0 Å². The predicted octanol–water partition coefficient (Wildman–Crippen LogP) is 0.158. The lowest BCUT2D eigenvalue weighted by molar-refractivity contribution is -0.143. The minimum atomic E-state index is -1.20. The van der Waals surface area contributed by atoms with Crippen molar-refractivity contribution in [2.45, 2.75) is 44.2 Å². The Balaban J connectivity index is 4.58. The number of nitrogens with two attached hydrogens (primary N) is 2. The Bertz CT molecular complexity index is 824. The monoisotopic (exact) mass is 632 g/mol. The average molecular weight is 633 g/mol. The maximum atomic E-state index is 12.7. The third-order valence-electron chi connectivity index (χ3n) is 5.00. The van der Waals surface area contributed by atoms with Crippen LogP contribution in [0.5, 0.6) is 0 Å². The molecule has 0 saturated carbocycles. The van der Waals surface area contributed by atoms with E-state index in [-0.39, 0.29) is 56.1 Å². The molecule has 0 aromatic rings. The van der Waals surface area contributed by atoms with E-state index in [0.29, 0.717) is 18.1 Å². The first-order chi connectivity index (χ1) is 18.3. The van der Waals surface area contributed by atoms with Crippen molar-refractivity contribution in [3.63, 3.8) is 0 Å². The first-order valence-electron chi connectivity index (χ1n) is 11.8. The van der Waals surface area contributed by atoms with Crippen molar-refractivity contribution in [2.75, 3.05) is 36.1 Å². The highest BCUT2D eigenvalue weighted by molar-refractivity contribution is 8.77. The summed E-state index contributed by atoms with van der Waals surface area (Å²) < 4.78 is 0. The summed E-state index contributed by atoms with van der Waals surface area (Å²) in [5.41, 5.74) is 10.8. The highest BCUT2D eigenvalue weighted by Crippen LogP contribution is 2.24. The van der Waals surface area contributed by atoms with Gasteiger partial charge in [-0.05, 0) is 19.3 Å². The lowest BCUT2D eigenvalue weighted by Gasteiger charge is -2.20. The first kappa shape index (κ1) is 37.1. The van der Waals surface area contributed by atoms with E-state index < -0.39 is 53.7 Å². The van der Waals surface area contributed by atoms with E-state index >= 15 is 0 Å². The van der Waals surface area contributed by atoms with Crippen LogP contribution in [0, 0.1) is 11.8 Å². The van der Waals surface area contributed by atoms with Crippen LogP contribution in [0.25, 0.3) is 0 Å². The van der Waals surface area contributed by atoms with Crippen molar-refractivity contribution in [3.05, 3.63) is 0 Å². The summed E-state index contributed by atoms with van der Waals surface area (Å²) in [6, 6.07) is -1.97. The molecular weight excluding hydrogens is 597 g/mol. The molecule has 0 aliphatic rings. The molecule has 0 aliphatic carbocycles. The van der Waals surface area contributed by atoms with E-state index in [1.54, 1.807) is 0 Å². The first-order valence-corrected chi connectivity index (χ1v) is 16.8. The summed E-state index contributed by atoms with van der Waals surface area (Å²) >= 11 is 0. The third kappa shape index (κ3) is 19.8. The second-order valence-electron chi connectivity index (χ2n) is 8.18. The van der Waals surface area contributed by atoms with Crippen LogP contribution in [-0.2, 0) is 28.8 Å². The van der Waals surface area contributed by atoms with Gasteiger partial charge < -0.3 is 42.5 Å². The zero-order valence-corrected chi connectivity index (χ0v) is 24.4. The van der Waals surface area contributed by atoms with Crippen molar-refractivity contribution in [1.82, 2.24) is 10.6 Å². The fourth-order valence-corrected chi connectivity index (χ4v) is 6.87. The van der Waals surface area contributed by atoms with Gasteiger partial charge in [-0.25, -0.2) is 0 Å². The molecule has 0 heterocycles. The van der Waals surface area contributed by atoms with Crippen LogP contribution in [0.4, 0.5) is 0 Å². The average Bonchev–Trinajstić information content (AvgIpc) is 2.86. The molecule has 0 spiro atoms. The molecule has 10 N–H and O–H groups in total. The number of carbonyl (C=O) groups excluding carboxylic acids is 2. The van der Waals surface area contributed by atoms with E-state index in [0.717, 1.165) is 0 Å². The number of rotatable bonds is 24. The number of hydrogen-bond acceptors (Lipinski definition) is 12. The highest BCUT2D eigenvalue weighted by atomic mass is 33.1. The third-order valence-corrected chi connectivity index (χ3v) is 9.89. The van der Waals surface area contributed by atoms with Gasteiger partial charge in [-0.3, -0.25) is 28.8 Å². The van der Waals surface area contributed by atoms with Gasteiger partial charge in [0.05, 0.1) is 5.92 Å². The number of amides is 2. The summed E-state index contributed by atoms with van der Waals surface area (Å²) in [5, 5.41) is 41.4. The molecule has 0 bridgehead atoms. The Morgan fingerprint density at radius 3 is 1.59 bits per heavy atom. The van der Waals surface area contributed by atoms with E-state index in [1.807, 2.05) is 0 Å². The van der Waals surface area contributed by atoms with Gasteiger partial charge >= 0.3 is 23.9 Å². The maximum absolute atomic E-state index is 12.7. The summed E-state index contributed by atoms with van der Waals surface area (Å²) in [5.74, 6) is -5.99. The van der Waals surface area contributed by atoms with Crippen LogP contribution in [-0.4, -0.2) is 104 Å². The van der Waals surface area contributed by atoms with Crippen molar-refractivity contribution in [1.29, 1.82) is 0 Å². The molecule has 0 aromatic heterocycles. The number of carboxylic acids is 4. The van der Waals surface area contributed by atoms with E-state index in [1.165, 1.54) is 43.2 Å². The molecule has 0 rings (SSSR count). The molecular formula is C21H36N4O10S4. The number of nitrogens with one attached hydrogen (secondary N) is 2. The number of carbonyl (C=O) groups is 6. The molecule has 18 heteroatoms. The van der Waals surface area contributed by atoms with Crippen LogP contribution in [0.15, 0.2) is 0 Å².